The van der Waals surface area contributed by atoms with Gasteiger partial charge in [-0.05, 0) is 89.9 Å². The Morgan fingerprint density at radius 1 is 1.02 bits per heavy atom. The summed E-state index contributed by atoms with van der Waals surface area (Å²) in [6.07, 6.45) is -4.47. The second kappa shape index (κ2) is 11.2. The number of halogens is 3. The zero-order valence-electron chi connectivity index (χ0n) is 26.0. The molecule has 1 aliphatic heterocycles. The molecule has 0 radical (unpaired) electrons. The highest BCUT2D eigenvalue weighted by molar-refractivity contribution is 5.99. The van der Waals surface area contributed by atoms with Crippen LogP contribution in [0, 0.1) is 12.8 Å². The van der Waals surface area contributed by atoms with Crippen molar-refractivity contribution in [1.29, 1.82) is 0 Å². The number of hydrogen-bond acceptors (Lipinski definition) is 4. The summed E-state index contributed by atoms with van der Waals surface area (Å²) in [6.45, 7) is 10.0. The Balaban J connectivity index is 1.32. The first-order valence-electron chi connectivity index (χ1n) is 15.3. The first-order chi connectivity index (χ1) is 21.3. The Labute approximate surface area is 260 Å². The van der Waals surface area contributed by atoms with E-state index >= 15 is 0 Å². The molecule has 0 saturated heterocycles. The summed E-state index contributed by atoms with van der Waals surface area (Å²) in [5.41, 5.74) is 4.48. The van der Waals surface area contributed by atoms with E-state index in [-0.39, 0.29) is 29.1 Å². The SMILES string of the molecule is CCN1C(=O)CC(C)(C)c2cc(C)c(-c3cc([C@H]4C[C@@H]4C(=O)O[C@H](C)c4cccc5ccccc45)ccc3OC(F)(F)F)cc21. The Morgan fingerprint density at radius 3 is 2.49 bits per heavy atom. The summed E-state index contributed by atoms with van der Waals surface area (Å²) in [6, 6.07) is 22.2. The largest absolute Gasteiger partial charge is 0.573 e. The van der Waals surface area contributed by atoms with Crippen molar-refractivity contribution in [3.05, 3.63) is 95.1 Å². The van der Waals surface area contributed by atoms with Gasteiger partial charge in [-0.2, -0.15) is 0 Å². The molecule has 3 atom stereocenters. The summed E-state index contributed by atoms with van der Waals surface area (Å²) >= 11 is 0. The van der Waals surface area contributed by atoms with Gasteiger partial charge in [0.05, 0.1) is 5.92 Å². The lowest BCUT2D eigenvalue weighted by molar-refractivity contribution is -0.274. The highest BCUT2D eigenvalue weighted by atomic mass is 19.4. The summed E-state index contributed by atoms with van der Waals surface area (Å²) in [5.74, 6) is -1.28. The normalized spacial score (nSPS) is 19.6. The average molecular weight is 616 g/mol. The van der Waals surface area contributed by atoms with E-state index in [1.807, 2.05) is 83.1 Å². The number of ether oxygens (including phenoxy) is 2. The van der Waals surface area contributed by atoms with Crippen LogP contribution in [-0.2, 0) is 19.7 Å². The Hall–Kier alpha value is -4.33. The van der Waals surface area contributed by atoms with Gasteiger partial charge in [0.25, 0.3) is 0 Å². The molecule has 1 fully saturated rings. The zero-order valence-corrected chi connectivity index (χ0v) is 26.0. The van der Waals surface area contributed by atoms with Gasteiger partial charge >= 0.3 is 12.3 Å². The maximum atomic E-state index is 13.5. The van der Waals surface area contributed by atoms with E-state index in [4.69, 9.17) is 4.74 Å². The molecular weight excluding hydrogens is 579 g/mol. The van der Waals surface area contributed by atoms with E-state index in [0.29, 0.717) is 30.6 Å². The van der Waals surface area contributed by atoms with Crippen molar-refractivity contribution in [2.45, 2.75) is 71.3 Å². The number of hydrogen-bond donors (Lipinski definition) is 0. The molecule has 0 unspecified atom stereocenters. The molecule has 1 amide bonds. The van der Waals surface area contributed by atoms with E-state index in [0.717, 1.165) is 33.0 Å². The molecule has 0 aromatic heterocycles. The summed E-state index contributed by atoms with van der Waals surface area (Å²) in [7, 11) is 0. The molecular formula is C37H36F3NO4. The van der Waals surface area contributed by atoms with Crippen LogP contribution >= 0.6 is 0 Å². The predicted octanol–water partition coefficient (Wildman–Crippen LogP) is 9.16. The molecule has 0 bridgehead atoms. The van der Waals surface area contributed by atoms with E-state index in [1.165, 1.54) is 6.07 Å². The van der Waals surface area contributed by atoms with Crippen molar-refractivity contribution in [2.75, 3.05) is 11.4 Å². The molecule has 2 aliphatic rings. The Bertz CT molecular complexity index is 1810. The molecule has 4 aromatic carbocycles. The third kappa shape index (κ3) is 5.90. The fraction of sp³-hybridized carbons (Fsp3) is 0.351. The molecule has 8 heteroatoms. The first-order valence-corrected chi connectivity index (χ1v) is 15.3. The number of aryl methyl sites for hydroxylation is 1. The maximum absolute atomic E-state index is 13.5. The number of anilines is 1. The first kappa shape index (κ1) is 30.7. The average Bonchev–Trinajstić information content (AvgIpc) is 3.78. The van der Waals surface area contributed by atoms with Crippen LogP contribution in [0.5, 0.6) is 5.75 Å². The lowest BCUT2D eigenvalue weighted by Gasteiger charge is -2.39. The Kier molecular flexibility index (Phi) is 7.66. The molecule has 1 heterocycles. The minimum atomic E-state index is -4.89. The smallest absolute Gasteiger partial charge is 0.458 e. The van der Waals surface area contributed by atoms with E-state index in [1.54, 1.807) is 23.1 Å². The third-order valence-corrected chi connectivity index (χ3v) is 9.17. The lowest BCUT2D eigenvalue weighted by Crippen LogP contribution is -2.41. The number of alkyl halides is 3. The van der Waals surface area contributed by atoms with Gasteiger partial charge < -0.3 is 14.4 Å². The van der Waals surface area contributed by atoms with Crippen molar-refractivity contribution in [3.63, 3.8) is 0 Å². The van der Waals surface area contributed by atoms with Crippen molar-refractivity contribution in [3.8, 4) is 16.9 Å². The number of rotatable bonds is 7. The Morgan fingerprint density at radius 2 is 1.76 bits per heavy atom. The number of carbonyl (C=O) groups excluding carboxylic acids is 2. The van der Waals surface area contributed by atoms with Crippen LogP contribution in [0.4, 0.5) is 18.9 Å². The molecule has 234 valence electrons. The van der Waals surface area contributed by atoms with Crippen molar-refractivity contribution in [2.24, 2.45) is 5.92 Å². The number of carbonyl (C=O) groups is 2. The van der Waals surface area contributed by atoms with Crippen LogP contribution in [0.1, 0.15) is 74.8 Å². The highest BCUT2D eigenvalue weighted by Crippen LogP contribution is 2.52. The van der Waals surface area contributed by atoms with Gasteiger partial charge in [-0.25, -0.2) is 0 Å². The van der Waals surface area contributed by atoms with Crippen LogP contribution in [0.25, 0.3) is 21.9 Å². The zero-order chi connectivity index (χ0) is 32.3. The molecule has 0 spiro atoms. The van der Waals surface area contributed by atoms with Gasteiger partial charge in [0, 0.05) is 29.6 Å². The molecule has 1 saturated carbocycles. The standard InChI is InChI=1S/C37H36F3NO4/c1-6-41-32-19-27(21(2)16-31(32)36(4,5)20-34(41)42)29-17-24(14-15-33(29)45-37(38,39)40)28-18-30(28)35(43)44-22(3)25-13-9-11-23-10-7-8-12-26(23)25/h7-17,19,22,28,30H,6,18,20H2,1-5H3/t22-,28-,30+/m1/s1. The monoisotopic (exact) mass is 615 g/mol. The summed E-state index contributed by atoms with van der Waals surface area (Å²) in [5, 5.41) is 2.08. The van der Waals surface area contributed by atoms with Gasteiger partial charge in [0.2, 0.25) is 5.91 Å². The maximum Gasteiger partial charge on any atom is 0.573 e. The summed E-state index contributed by atoms with van der Waals surface area (Å²) < 4.78 is 51.0. The number of fused-ring (bicyclic) bond motifs is 2. The van der Waals surface area contributed by atoms with E-state index in [2.05, 4.69) is 4.74 Å². The number of nitrogens with zero attached hydrogens (tertiary/aromatic N) is 1. The lowest BCUT2D eigenvalue weighted by atomic mass is 9.75. The van der Waals surface area contributed by atoms with Crippen molar-refractivity contribution in [1.82, 2.24) is 0 Å². The van der Waals surface area contributed by atoms with Gasteiger partial charge in [0.15, 0.2) is 0 Å². The van der Waals surface area contributed by atoms with Gasteiger partial charge in [0.1, 0.15) is 11.9 Å². The van der Waals surface area contributed by atoms with Gasteiger partial charge in [-0.1, -0.05) is 68.4 Å². The third-order valence-electron chi connectivity index (χ3n) is 9.17. The number of amides is 1. The van der Waals surface area contributed by atoms with Crippen LogP contribution in [0.3, 0.4) is 0 Å². The second-order valence-electron chi connectivity index (χ2n) is 12.8. The van der Waals surface area contributed by atoms with Gasteiger partial charge in [-0.3, -0.25) is 9.59 Å². The fourth-order valence-corrected chi connectivity index (χ4v) is 6.76. The van der Waals surface area contributed by atoms with Crippen LogP contribution in [0.15, 0.2) is 72.8 Å². The van der Waals surface area contributed by atoms with Crippen molar-refractivity contribution < 1.29 is 32.2 Å². The summed E-state index contributed by atoms with van der Waals surface area (Å²) in [4.78, 5) is 27.9. The van der Waals surface area contributed by atoms with E-state index < -0.39 is 23.8 Å². The number of benzene rings is 4. The fourth-order valence-electron chi connectivity index (χ4n) is 6.76. The number of esters is 1. The molecule has 0 N–H and O–H groups in total. The highest BCUT2D eigenvalue weighted by Gasteiger charge is 2.46. The topological polar surface area (TPSA) is 55.8 Å². The van der Waals surface area contributed by atoms with Crippen LogP contribution in [0.2, 0.25) is 0 Å². The van der Waals surface area contributed by atoms with Crippen LogP contribution < -0.4 is 9.64 Å². The second-order valence-corrected chi connectivity index (χ2v) is 12.8. The minimum absolute atomic E-state index is 0.0256. The van der Waals surface area contributed by atoms with Crippen LogP contribution in [-0.4, -0.2) is 24.8 Å². The predicted molar refractivity (Wildman–Crippen MR) is 168 cm³/mol. The molecule has 6 rings (SSSR count). The molecule has 5 nitrogen and oxygen atoms in total. The molecule has 4 aromatic rings. The quantitative estimate of drug-likeness (QED) is 0.195. The van der Waals surface area contributed by atoms with Crippen molar-refractivity contribution >= 4 is 28.3 Å². The molecule has 45 heavy (non-hydrogen) atoms. The molecule has 1 aliphatic carbocycles. The van der Waals surface area contributed by atoms with E-state index in [9.17, 15) is 22.8 Å². The van der Waals surface area contributed by atoms with Gasteiger partial charge in [-0.15, -0.1) is 13.2 Å². The minimum Gasteiger partial charge on any atom is -0.458 e.